The fourth-order valence-corrected chi connectivity index (χ4v) is 2.60. The van der Waals surface area contributed by atoms with Crippen LogP contribution in [0, 0.1) is 0 Å². The van der Waals surface area contributed by atoms with Gasteiger partial charge in [-0.15, -0.1) is 22.9 Å². The van der Waals surface area contributed by atoms with Crippen molar-refractivity contribution >= 4 is 34.5 Å². The molecule has 1 aromatic heterocycles. The summed E-state index contributed by atoms with van der Waals surface area (Å²) < 4.78 is 0.849. The summed E-state index contributed by atoms with van der Waals surface area (Å²) in [4.78, 5) is 3.48. The summed E-state index contributed by atoms with van der Waals surface area (Å²) in [6.45, 7) is 3.82. The number of hydrogen-bond donors (Lipinski definition) is 0. The Kier molecular flexibility index (Phi) is 4.53. The Morgan fingerprint density at radius 1 is 1.54 bits per heavy atom. The molecular formula is C9H13Cl2NS. The highest BCUT2D eigenvalue weighted by Crippen LogP contribution is 2.22. The topological polar surface area (TPSA) is 3.24 Å². The lowest BCUT2D eigenvalue weighted by molar-refractivity contribution is 0.333. The molecule has 1 nitrogen and oxygen atoms in total. The minimum Gasteiger partial charge on any atom is -0.300 e. The van der Waals surface area contributed by atoms with Gasteiger partial charge in [0.2, 0.25) is 0 Å². The maximum absolute atomic E-state index is 5.88. The summed E-state index contributed by atoms with van der Waals surface area (Å²) in [5, 5.41) is 0.195. The van der Waals surface area contributed by atoms with Crippen molar-refractivity contribution in [3.8, 4) is 0 Å². The zero-order chi connectivity index (χ0) is 9.84. The molecule has 0 fully saturated rings. The normalized spacial score (nSPS) is 13.6. The third kappa shape index (κ3) is 4.32. The number of hydrogen-bond acceptors (Lipinski definition) is 2. The van der Waals surface area contributed by atoms with Gasteiger partial charge in [-0.25, -0.2) is 0 Å². The van der Waals surface area contributed by atoms with E-state index >= 15 is 0 Å². The largest absolute Gasteiger partial charge is 0.300 e. The van der Waals surface area contributed by atoms with Crippen LogP contribution in [0.4, 0.5) is 0 Å². The van der Waals surface area contributed by atoms with Crippen LogP contribution in [-0.4, -0.2) is 23.9 Å². The minimum atomic E-state index is 0.195. The average Bonchev–Trinajstić information content (AvgIpc) is 2.33. The summed E-state index contributed by atoms with van der Waals surface area (Å²) in [5.41, 5.74) is 0. The Morgan fingerprint density at radius 2 is 2.23 bits per heavy atom. The number of alkyl halides is 1. The molecule has 13 heavy (non-hydrogen) atoms. The first kappa shape index (κ1) is 11.3. The van der Waals surface area contributed by atoms with E-state index in [2.05, 4.69) is 18.0 Å². The third-order valence-electron chi connectivity index (χ3n) is 1.62. The molecule has 4 heteroatoms. The Labute approximate surface area is 93.3 Å². The second-order valence-corrected chi connectivity index (χ2v) is 5.73. The Hall–Kier alpha value is 0.240. The van der Waals surface area contributed by atoms with Gasteiger partial charge in [0.25, 0.3) is 0 Å². The van der Waals surface area contributed by atoms with Crippen molar-refractivity contribution in [1.29, 1.82) is 0 Å². The van der Waals surface area contributed by atoms with Gasteiger partial charge in [-0.2, -0.15) is 0 Å². The molecule has 0 radical (unpaired) electrons. The van der Waals surface area contributed by atoms with Crippen LogP contribution in [0.2, 0.25) is 4.34 Å². The lowest BCUT2D eigenvalue weighted by Gasteiger charge is -2.16. The number of rotatable bonds is 4. The van der Waals surface area contributed by atoms with Crippen molar-refractivity contribution in [1.82, 2.24) is 4.90 Å². The Morgan fingerprint density at radius 3 is 2.69 bits per heavy atom. The van der Waals surface area contributed by atoms with E-state index in [0.717, 1.165) is 17.4 Å². The lowest BCUT2D eigenvalue weighted by atomic mass is 10.4. The van der Waals surface area contributed by atoms with E-state index in [4.69, 9.17) is 23.2 Å². The van der Waals surface area contributed by atoms with E-state index in [1.807, 2.05) is 13.0 Å². The van der Waals surface area contributed by atoms with E-state index in [-0.39, 0.29) is 5.38 Å². The minimum absolute atomic E-state index is 0.195. The molecule has 0 spiro atoms. The van der Waals surface area contributed by atoms with Crippen LogP contribution in [0.3, 0.4) is 0 Å². The summed E-state index contributed by atoms with van der Waals surface area (Å²) in [7, 11) is 2.06. The van der Waals surface area contributed by atoms with Gasteiger partial charge in [0.15, 0.2) is 0 Å². The van der Waals surface area contributed by atoms with Crippen molar-refractivity contribution in [2.45, 2.75) is 18.8 Å². The molecule has 0 aromatic carbocycles. The van der Waals surface area contributed by atoms with Crippen molar-refractivity contribution < 1.29 is 0 Å². The molecule has 1 atom stereocenters. The van der Waals surface area contributed by atoms with Crippen molar-refractivity contribution in [2.24, 2.45) is 0 Å². The van der Waals surface area contributed by atoms with E-state index in [9.17, 15) is 0 Å². The zero-order valence-electron chi connectivity index (χ0n) is 7.76. The van der Waals surface area contributed by atoms with Crippen LogP contribution in [0.5, 0.6) is 0 Å². The Balaban J connectivity index is 2.40. The molecule has 0 aliphatic carbocycles. The van der Waals surface area contributed by atoms with Crippen LogP contribution in [0.1, 0.15) is 11.8 Å². The maximum atomic E-state index is 5.88. The number of halogens is 2. The average molecular weight is 238 g/mol. The molecule has 74 valence electrons. The molecular weight excluding hydrogens is 225 g/mol. The Bertz CT molecular complexity index is 260. The van der Waals surface area contributed by atoms with Crippen molar-refractivity contribution in [3.63, 3.8) is 0 Å². The first-order valence-corrected chi connectivity index (χ1v) is 5.78. The highest BCUT2D eigenvalue weighted by molar-refractivity contribution is 7.16. The number of thiophene rings is 1. The van der Waals surface area contributed by atoms with E-state index in [1.54, 1.807) is 11.3 Å². The SMILES string of the molecule is CC(Cl)CN(C)Cc1ccc(Cl)s1. The van der Waals surface area contributed by atoms with Crippen LogP contribution >= 0.6 is 34.5 Å². The van der Waals surface area contributed by atoms with Crippen LogP contribution in [-0.2, 0) is 6.54 Å². The fraction of sp³-hybridized carbons (Fsp3) is 0.556. The molecule has 0 saturated heterocycles. The molecule has 0 N–H and O–H groups in total. The smallest absolute Gasteiger partial charge is 0.0931 e. The lowest BCUT2D eigenvalue weighted by Crippen LogP contribution is -2.23. The molecule has 1 heterocycles. The highest BCUT2D eigenvalue weighted by atomic mass is 35.5. The standard InChI is InChI=1S/C9H13Cl2NS/c1-7(10)5-12(2)6-8-3-4-9(11)13-8/h3-4,7H,5-6H2,1-2H3. The molecule has 0 aliphatic heterocycles. The van der Waals surface area contributed by atoms with Gasteiger partial charge >= 0.3 is 0 Å². The van der Waals surface area contributed by atoms with Crippen LogP contribution < -0.4 is 0 Å². The second kappa shape index (κ2) is 5.20. The molecule has 0 amide bonds. The van der Waals surface area contributed by atoms with Gasteiger partial charge < -0.3 is 0 Å². The summed E-state index contributed by atoms with van der Waals surface area (Å²) in [6, 6.07) is 3.99. The summed E-state index contributed by atoms with van der Waals surface area (Å²) in [6.07, 6.45) is 0. The van der Waals surface area contributed by atoms with E-state index in [0.29, 0.717) is 0 Å². The summed E-state index contributed by atoms with van der Waals surface area (Å²) in [5.74, 6) is 0. The quantitative estimate of drug-likeness (QED) is 0.726. The molecule has 1 aromatic rings. The van der Waals surface area contributed by atoms with E-state index in [1.165, 1.54) is 4.88 Å². The molecule has 0 saturated carbocycles. The van der Waals surface area contributed by atoms with Crippen molar-refractivity contribution in [2.75, 3.05) is 13.6 Å². The fourth-order valence-electron chi connectivity index (χ4n) is 1.20. The monoisotopic (exact) mass is 237 g/mol. The van der Waals surface area contributed by atoms with Gasteiger partial charge in [0, 0.05) is 23.3 Å². The first-order chi connectivity index (χ1) is 6.08. The maximum Gasteiger partial charge on any atom is 0.0931 e. The van der Waals surface area contributed by atoms with E-state index < -0.39 is 0 Å². The van der Waals surface area contributed by atoms with Gasteiger partial charge in [0.05, 0.1) is 4.34 Å². The van der Waals surface area contributed by atoms with Gasteiger partial charge in [-0.3, -0.25) is 4.90 Å². The second-order valence-electron chi connectivity index (χ2n) is 3.18. The van der Waals surface area contributed by atoms with Gasteiger partial charge in [-0.05, 0) is 26.1 Å². The van der Waals surface area contributed by atoms with Crippen LogP contribution in [0.25, 0.3) is 0 Å². The summed E-state index contributed by atoms with van der Waals surface area (Å²) >= 11 is 13.3. The van der Waals surface area contributed by atoms with Crippen molar-refractivity contribution in [3.05, 3.63) is 21.3 Å². The van der Waals surface area contributed by atoms with Gasteiger partial charge in [-0.1, -0.05) is 11.6 Å². The third-order valence-corrected chi connectivity index (χ3v) is 2.97. The molecule has 0 bridgehead atoms. The predicted molar refractivity (Wildman–Crippen MR) is 61.0 cm³/mol. The van der Waals surface area contributed by atoms with Crippen LogP contribution in [0.15, 0.2) is 12.1 Å². The highest BCUT2D eigenvalue weighted by Gasteiger charge is 2.05. The number of nitrogens with zero attached hydrogens (tertiary/aromatic N) is 1. The molecule has 1 rings (SSSR count). The zero-order valence-corrected chi connectivity index (χ0v) is 10.1. The predicted octanol–water partition coefficient (Wildman–Crippen LogP) is 3.46. The van der Waals surface area contributed by atoms with Gasteiger partial charge in [0.1, 0.15) is 0 Å². The first-order valence-electron chi connectivity index (χ1n) is 4.14. The molecule has 1 unspecified atom stereocenters. The molecule has 0 aliphatic rings.